The second kappa shape index (κ2) is 4.42. The van der Waals surface area contributed by atoms with Crippen molar-refractivity contribution in [2.45, 2.75) is 19.4 Å². The zero-order chi connectivity index (χ0) is 14.3. The lowest BCUT2D eigenvalue weighted by atomic mass is 9.92. The molecule has 0 radical (unpaired) electrons. The number of halogens is 1. The Bertz CT molecular complexity index is 734. The van der Waals surface area contributed by atoms with Crippen LogP contribution in [0.4, 0.5) is 4.39 Å². The highest BCUT2D eigenvalue weighted by Crippen LogP contribution is 2.27. The Balaban J connectivity index is 2.21. The van der Waals surface area contributed by atoms with E-state index < -0.39 is 5.54 Å². The molecule has 0 bridgehead atoms. The van der Waals surface area contributed by atoms with Gasteiger partial charge in [0.25, 0.3) is 5.91 Å². The van der Waals surface area contributed by atoms with Gasteiger partial charge in [0, 0.05) is 11.0 Å². The standard InChI is InChI=1S/C16H15FN2O/c1-16(2)13(15(20)18-19-16)9-10-5-3-7-12-11(10)6-4-8-14(12)17/h3-9,19H,1-2H3,(H,18,20)/b13-9+. The quantitative estimate of drug-likeness (QED) is 0.782. The van der Waals surface area contributed by atoms with Gasteiger partial charge in [-0.3, -0.25) is 10.2 Å². The molecule has 0 spiro atoms. The number of fused-ring (bicyclic) bond motifs is 1. The molecule has 0 atom stereocenters. The summed E-state index contributed by atoms with van der Waals surface area (Å²) in [7, 11) is 0. The molecule has 1 saturated heterocycles. The number of nitrogens with one attached hydrogen (secondary N) is 2. The molecule has 1 amide bonds. The molecule has 4 heteroatoms. The van der Waals surface area contributed by atoms with Crippen molar-refractivity contribution in [3.05, 3.63) is 53.4 Å². The number of amides is 1. The van der Waals surface area contributed by atoms with Gasteiger partial charge in [-0.1, -0.05) is 30.3 Å². The Morgan fingerprint density at radius 2 is 1.80 bits per heavy atom. The number of carbonyl (C=O) groups excluding carboxylic acids is 1. The van der Waals surface area contributed by atoms with Crippen molar-refractivity contribution >= 4 is 22.8 Å². The van der Waals surface area contributed by atoms with Crippen LogP contribution in [0.1, 0.15) is 19.4 Å². The summed E-state index contributed by atoms with van der Waals surface area (Å²) in [5.74, 6) is -0.403. The second-order valence-electron chi connectivity index (χ2n) is 5.44. The van der Waals surface area contributed by atoms with Crippen LogP contribution in [0, 0.1) is 5.82 Å². The summed E-state index contributed by atoms with van der Waals surface area (Å²) in [5.41, 5.74) is 6.56. The number of carbonyl (C=O) groups is 1. The van der Waals surface area contributed by atoms with Crippen molar-refractivity contribution in [1.29, 1.82) is 0 Å². The summed E-state index contributed by atoms with van der Waals surface area (Å²) < 4.78 is 13.8. The Morgan fingerprint density at radius 3 is 2.50 bits per heavy atom. The van der Waals surface area contributed by atoms with Gasteiger partial charge < -0.3 is 0 Å². The minimum absolute atomic E-state index is 0.150. The summed E-state index contributed by atoms with van der Waals surface area (Å²) in [6.07, 6.45) is 1.82. The lowest BCUT2D eigenvalue weighted by Crippen LogP contribution is -2.38. The summed E-state index contributed by atoms with van der Waals surface area (Å²) >= 11 is 0. The van der Waals surface area contributed by atoms with Crippen molar-refractivity contribution in [3.63, 3.8) is 0 Å². The minimum atomic E-state index is -0.452. The molecular formula is C16H15FN2O. The van der Waals surface area contributed by atoms with Gasteiger partial charge >= 0.3 is 0 Å². The predicted octanol–water partition coefficient (Wildman–Crippen LogP) is 2.78. The van der Waals surface area contributed by atoms with E-state index in [2.05, 4.69) is 10.9 Å². The van der Waals surface area contributed by atoms with Crippen LogP contribution in [0.25, 0.3) is 16.8 Å². The third-order valence-corrected chi connectivity index (χ3v) is 3.61. The zero-order valence-electron chi connectivity index (χ0n) is 11.3. The maximum Gasteiger partial charge on any atom is 0.263 e. The Kier molecular flexibility index (Phi) is 2.83. The molecule has 20 heavy (non-hydrogen) atoms. The third-order valence-electron chi connectivity index (χ3n) is 3.61. The largest absolute Gasteiger partial charge is 0.287 e. The molecule has 0 aliphatic carbocycles. The van der Waals surface area contributed by atoms with Gasteiger partial charge in [-0.05, 0) is 36.9 Å². The maximum absolute atomic E-state index is 13.8. The lowest BCUT2D eigenvalue weighted by molar-refractivity contribution is -0.116. The molecule has 0 unspecified atom stereocenters. The summed E-state index contributed by atoms with van der Waals surface area (Å²) in [5, 5.41) is 1.36. The van der Waals surface area contributed by atoms with Crippen LogP contribution in [0.15, 0.2) is 42.0 Å². The van der Waals surface area contributed by atoms with Crippen LogP contribution in [-0.4, -0.2) is 11.4 Å². The molecular weight excluding hydrogens is 255 g/mol. The second-order valence-corrected chi connectivity index (χ2v) is 5.44. The highest BCUT2D eigenvalue weighted by molar-refractivity contribution is 6.04. The Labute approximate surface area is 116 Å². The fourth-order valence-corrected chi connectivity index (χ4v) is 2.45. The van der Waals surface area contributed by atoms with Crippen molar-refractivity contribution in [2.24, 2.45) is 0 Å². The van der Waals surface area contributed by atoms with E-state index in [4.69, 9.17) is 0 Å². The van der Waals surface area contributed by atoms with Crippen LogP contribution in [-0.2, 0) is 4.79 Å². The normalized spacial score (nSPS) is 19.6. The van der Waals surface area contributed by atoms with E-state index in [-0.39, 0.29) is 11.7 Å². The molecule has 1 heterocycles. The lowest BCUT2D eigenvalue weighted by Gasteiger charge is -2.17. The van der Waals surface area contributed by atoms with Gasteiger partial charge in [0.05, 0.1) is 5.54 Å². The fraction of sp³-hybridized carbons (Fsp3) is 0.188. The molecule has 3 nitrogen and oxygen atoms in total. The van der Waals surface area contributed by atoms with Gasteiger partial charge in [0.2, 0.25) is 0 Å². The topological polar surface area (TPSA) is 41.1 Å². The number of hydrazine groups is 1. The maximum atomic E-state index is 13.8. The highest BCUT2D eigenvalue weighted by Gasteiger charge is 2.34. The zero-order valence-corrected chi connectivity index (χ0v) is 11.3. The van der Waals surface area contributed by atoms with Gasteiger partial charge in [0.15, 0.2) is 0 Å². The average Bonchev–Trinajstić information content (AvgIpc) is 2.67. The Hall–Kier alpha value is -2.20. The van der Waals surface area contributed by atoms with E-state index in [1.165, 1.54) is 6.07 Å². The molecule has 1 aliphatic heterocycles. The van der Waals surface area contributed by atoms with Gasteiger partial charge in [-0.2, -0.15) is 0 Å². The number of benzene rings is 2. The molecule has 0 aromatic heterocycles. The van der Waals surface area contributed by atoms with E-state index in [0.29, 0.717) is 11.0 Å². The molecule has 2 aromatic rings. The van der Waals surface area contributed by atoms with Crippen molar-refractivity contribution < 1.29 is 9.18 Å². The summed E-state index contributed by atoms with van der Waals surface area (Å²) in [6, 6.07) is 10.4. The average molecular weight is 270 g/mol. The first-order chi connectivity index (χ1) is 9.49. The van der Waals surface area contributed by atoms with Gasteiger partial charge in [-0.25, -0.2) is 9.82 Å². The molecule has 102 valence electrons. The first kappa shape index (κ1) is 12.8. The van der Waals surface area contributed by atoms with Crippen molar-refractivity contribution in [1.82, 2.24) is 10.9 Å². The molecule has 2 N–H and O–H groups in total. The number of hydrogen-bond acceptors (Lipinski definition) is 2. The van der Waals surface area contributed by atoms with E-state index in [0.717, 1.165) is 10.9 Å². The predicted molar refractivity (Wildman–Crippen MR) is 77.2 cm³/mol. The number of hydrogen-bond donors (Lipinski definition) is 2. The van der Waals surface area contributed by atoms with Crippen LogP contribution < -0.4 is 10.9 Å². The minimum Gasteiger partial charge on any atom is -0.287 e. The van der Waals surface area contributed by atoms with Gasteiger partial charge in [0.1, 0.15) is 5.82 Å². The Morgan fingerprint density at radius 1 is 1.10 bits per heavy atom. The molecule has 3 rings (SSSR count). The molecule has 2 aromatic carbocycles. The molecule has 0 saturated carbocycles. The van der Waals surface area contributed by atoms with Crippen LogP contribution in [0.2, 0.25) is 0 Å². The number of rotatable bonds is 1. The van der Waals surface area contributed by atoms with Crippen LogP contribution >= 0.6 is 0 Å². The highest BCUT2D eigenvalue weighted by atomic mass is 19.1. The van der Waals surface area contributed by atoms with Crippen LogP contribution in [0.5, 0.6) is 0 Å². The van der Waals surface area contributed by atoms with Crippen molar-refractivity contribution in [3.8, 4) is 0 Å². The monoisotopic (exact) mass is 270 g/mol. The third kappa shape index (κ3) is 1.98. The van der Waals surface area contributed by atoms with E-state index >= 15 is 0 Å². The summed E-state index contributed by atoms with van der Waals surface area (Å²) in [6.45, 7) is 3.84. The first-order valence-electron chi connectivity index (χ1n) is 6.46. The fourth-order valence-electron chi connectivity index (χ4n) is 2.45. The molecule has 1 aliphatic rings. The van der Waals surface area contributed by atoms with E-state index in [1.54, 1.807) is 18.2 Å². The van der Waals surface area contributed by atoms with Crippen LogP contribution in [0.3, 0.4) is 0 Å². The molecule has 1 fully saturated rings. The first-order valence-corrected chi connectivity index (χ1v) is 6.46. The summed E-state index contributed by atoms with van der Waals surface area (Å²) in [4.78, 5) is 11.9. The van der Waals surface area contributed by atoms with E-state index in [9.17, 15) is 9.18 Å². The smallest absolute Gasteiger partial charge is 0.263 e. The van der Waals surface area contributed by atoms with Crippen molar-refractivity contribution in [2.75, 3.05) is 0 Å². The van der Waals surface area contributed by atoms with Gasteiger partial charge in [-0.15, -0.1) is 0 Å². The van der Waals surface area contributed by atoms with E-state index in [1.807, 2.05) is 32.1 Å². The SMILES string of the molecule is CC1(C)NNC(=O)/C1=C\c1cccc2c(F)cccc12.